The molecule has 0 aliphatic rings. The Hall–Kier alpha value is -1.75. The summed E-state index contributed by atoms with van der Waals surface area (Å²) < 4.78 is 15.6. The third-order valence-corrected chi connectivity index (χ3v) is 3.34. The Bertz CT molecular complexity index is 538. The van der Waals surface area contributed by atoms with Crippen LogP contribution >= 0.6 is 0 Å². The highest BCUT2D eigenvalue weighted by Crippen LogP contribution is 2.11. The van der Waals surface area contributed by atoms with Crippen LogP contribution in [-0.2, 0) is 19.4 Å². The average molecular weight is 276 g/mol. The molecule has 20 heavy (non-hydrogen) atoms. The molecule has 0 saturated heterocycles. The molecule has 0 bridgehead atoms. The van der Waals surface area contributed by atoms with Gasteiger partial charge in [0.2, 0.25) is 0 Å². The van der Waals surface area contributed by atoms with Gasteiger partial charge >= 0.3 is 0 Å². The maximum atomic E-state index is 13.8. The van der Waals surface area contributed by atoms with Crippen LogP contribution in [-0.4, -0.2) is 27.4 Å². The van der Waals surface area contributed by atoms with E-state index in [2.05, 4.69) is 22.3 Å². The molecule has 2 rings (SSSR count). The van der Waals surface area contributed by atoms with E-state index in [-0.39, 0.29) is 11.9 Å². The molecule has 1 aromatic heterocycles. The standard InChI is InChI=1S/C15H21FN4/c1-3-17-13(9-12-7-5-6-8-14(12)16)10-15-18-11-19-20(15)4-2/h5-8,11,13,17H,3-4,9-10H2,1-2H3. The first-order chi connectivity index (χ1) is 9.74. The number of rotatable bonds is 7. The zero-order chi connectivity index (χ0) is 14.4. The predicted octanol–water partition coefficient (Wildman–Crippen LogP) is 2.20. The Morgan fingerprint density at radius 1 is 1.25 bits per heavy atom. The van der Waals surface area contributed by atoms with Crippen LogP contribution in [0.5, 0.6) is 0 Å². The van der Waals surface area contributed by atoms with Crippen LogP contribution < -0.4 is 5.32 Å². The first-order valence-corrected chi connectivity index (χ1v) is 7.08. The van der Waals surface area contributed by atoms with E-state index >= 15 is 0 Å². The molecule has 5 heteroatoms. The Balaban J connectivity index is 2.09. The summed E-state index contributed by atoms with van der Waals surface area (Å²) in [5.74, 6) is 0.794. The Kier molecular flexibility index (Phi) is 5.24. The maximum Gasteiger partial charge on any atom is 0.138 e. The molecule has 0 spiro atoms. The van der Waals surface area contributed by atoms with E-state index in [9.17, 15) is 4.39 Å². The molecule has 1 unspecified atom stereocenters. The number of hydrogen-bond acceptors (Lipinski definition) is 3. The van der Waals surface area contributed by atoms with Crippen molar-refractivity contribution < 1.29 is 4.39 Å². The first kappa shape index (κ1) is 14.7. The normalized spacial score (nSPS) is 12.6. The van der Waals surface area contributed by atoms with E-state index in [1.807, 2.05) is 23.7 Å². The quantitative estimate of drug-likeness (QED) is 0.843. The summed E-state index contributed by atoms with van der Waals surface area (Å²) in [4.78, 5) is 4.29. The molecule has 108 valence electrons. The number of halogens is 1. The van der Waals surface area contributed by atoms with E-state index in [4.69, 9.17) is 0 Å². The fourth-order valence-corrected chi connectivity index (χ4v) is 2.37. The molecular formula is C15H21FN4. The fraction of sp³-hybridized carbons (Fsp3) is 0.467. The molecule has 1 N–H and O–H groups in total. The van der Waals surface area contributed by atoms with Crippen molar-refractivity contribution in [2.75, 3.05) is 6.54 Å². The van der Waals surface area contributed by atoms with Crippen LogP contribution in [0, 0.1) is 5.82 Å². The number of nitrogens with one attached hydrogen (secondary N) is 1. The van der Waals surface area contributed by atoms with Crippen molar-refractivity contribution in [3.05, 3.63) is 47.8 Å². The van der Waals surface area contributed by atoms with Gasteiger partial charge in [-0.3, -0.25) is 4.68 Å². The van der Waals surface area contributed by atoms with Gasteiger partial charge in [-0.25, -0.2) is 9.37 Å². The minimum Gasteiger partial charge on any atom is -0.313 e. The molecule has 4 nitrogen and oxygen atoms in total. The van der Waals surface area contributed by atoms with Crippen LogP contribution in [0.4, 0.5) is 4.39 Å². The zero-order valence-electron chi connectivity index (χ0n) is 12.0. The number of likely N-dealkylation sites (N-methyl/N-ethyl adjacent to an activating group) is 1. The van der Waals surface area contributed by atoms with Crippen LogP contribution in [0.15, 0.2) is 30.6 Å². The number of benzene rings is 1. The highest BCUT2D eigenvalue weighted by atomic mass is 19.1. The second-order valence-electron chi connectivity index (χ2n) is 4.75. The van der Waals surface area contributed by atoms with Crippen molar-refractivity contribution in [2.45, 2.75) is 39.3 Å². The number of aromatic nitrogens is 3. The second-order valence-corrected chi connectivity index (χ2v) is 4.75. The van der Waals surface area contributed by atoms with Crippen molar-refractivity contribution in [3.8, 4) is 0 Å². The summed E-state index contributed by atoms with van der Waals surface area (Å²) in [5, 5.41) is 7.58. The van der Waals surface area contributed by atoms with Gasteiger partial charge < -0.3 is 5.32 Å². The molecular weight excluding hydrogens is 255 g/mol. The van der Waals surface area contributed by atoms with Gasteiger partial charge in [0.05, 0.1) is 0 Å². The average Bonchev–Trinajstić information content (AvgIpc) is 2.89. The lowest BCUT2D eigenvalue weighted by Gasteiger charge is -2.18. The van der Waals surface area contributed by atoms with Gasteiger partial charge in [0.1, 0.15) is 18.0 Å². The molecule has 1 heterocycles. The minimum absolute atomic E-state index is 0.146. The SMILES string of the molecule is CCNC(Cc1ccccc1F)Cc1ncnn1CC. The van der Waals surface area contributed by atoms with Gasteiger partial charge in [-0.1, -0.05) is 25.1 Å². The van der Waals surface area contributed by atoms with Crippen LogP contribution in [0.25, 0.3) is 0 Å². The lowest BCUT2D eigenvalue weighted by Crippen LogP contribution is -2.34. The maximum absolute atomic E-state index is 13.8. The number of hydrogen-bond donors (Lipinski definition) is 1. The van der Waals surface area contributed by atoms with Crippen LogP contribution in [0.1, 0.15) is 25.2 Å². The molecule has 1 atom stereocenters. The molecule has 0 aliphatic carbocycles. The Morgan fingerprint density at radius 2 is 2.05 bits per heavy atom. The van der Waals surface area contributed by atoms with Gasteiger partial charge in [0, 0.05) is 19.0 Å². The lowest BCUT2D eigenvalue weighted by molar-refractivity contribution is 0.480. The number of nitrogens with zero attached hydrogens (tertiary/aromatic N) is 3. The van der Waals surface area contributed by atoms with Gasteiger partial charge in [0.25, 0.3) is 0 Å². The van der Waals surface area contributed by atoms with Crippen molar-refractivity contribution in [1.82, 2.24) is 20.1 Å². The van der Waals surface area contributed by atoms with Gasteiger partial charge in [0.15, 0.2) is 0 Å². The minimum atomic E-state index is -0.146. The van der Waals surface area contributed by atoms with Gasteiger partial charge in [-0.2, -0.15) is 5.10 Å². The van der Waals surface area contributed by atoms with Crippen molar-refractivity contribution in [1.29, 1.82) is 0 Å². The Labute approximate surface area is 119 Å². The molecule has 0 aliphatic heterocycles. The van der Waals surface area contributed by atoms with E-state index in [0.717, 1.165) is 30.9 Å². The molecule has 0 radical (unpaired) electrons. The summed E-state index contributed by atoms with van der Waals surface area (Å²) in [5.41, 5.74) is 0.737. The van der Waals surface area contributed by atoms with Gasteiger partial charge in [-0.15, -0.1) is 0 Å². The highest BCUT2D eigenvalue weighted by Gasteiger charge is 2.15. The van der Waals surface area contributed by atoms with Gasteiger partial charge in [-0.05, 0) is 31.5 Å². The summed E-state index contributed by atoms with van der Waals surface area (Å²) in [7, 11) is 0. The first-order valence-electron chi connectivity index (χ1n) is 7.08. The molecule has 2 aromatic rings. The second kappa shape index (κ2) is 7.14. The third-order valence-electron chi connectivity index (χ3n) is 3.34. The summed E-state index contributed by atoms with van der Waals surface area (Å²) >= 11 is 0. The lowest BCUT2D eigenvalue weighted by atomic mass is 10.0. The Morgan fingerprint density at radius 3 is 2.75 bits per heavy atom. The van der Waals surface area contributed by atoms with Crippen molar-refractivity contribution in [3.63, 3.8) is 0 Å². The fourth-order valence-electron chi connectivity index (χ4n) is 2.37. The van der Waals surface area contributed by atoms with E-state index < -0.39 is 0 Å². The van der Waals surface area contributed by atoms with Crippen LogP contribution in [0.2, 0.25) is 0 Å². The monoisotopic (exact) mass is 276 g/mol. The summed E-state index contributed by atoms with van der Waals surface area (Å²) in [6.07, 6.45) is 2.97. The predicted molar refractivity (Wildman–Crippen MR) is 77.0 cm³/mol. The molecule has 1 aromatic carbocycles. The van der Waals surface area contributed by atoms with E-state index in [1.54, 1.807) is 12.4 Å². The highest BCUT2D eigenvalue weighted by molar-refractivity contribution is 5.18. The summed E-state index contributed by atoms with van der Waals surface area (Å²) in [6, 6.07) is 7.09. The molecule has 0 amide bonds. The molecule has 0 saturated carbocycles. The van der Waals surface area contributed by atoms with E-state index in [0.29, 0.717) is 6.42 Å². The third kappa shape index (κ3) is 3.63. The van der Waals surface area contributed by atoms with Crippen LogP contribution in [0.3, 0.4) is 0 Å². The van der Waals surface area contributed by atoms with Crippen molar-refractivity contribution >= 4 is 0 Å². The largest absolute Gasteiger partial charge is 0.313 e. The smallest absolute Gasteiger partial charge is 0.138 e. The molecule has 0 fully saturated rings. The van der Waals surface area contributed by atoms with Crippen molar-refractivity contribution in [2.24, 2.45) is 0 Å². The summed E-state index contributed by atoms with van der Waals surface area (Å²) in [6.45, 7) is 5.74. The topological polar surface area (TPSA) is 42.7 Å². The number of aryl methyl sites for hydroxylation is 1. The zero-order valence-corrected chi connectivity index (χ0v) is 12.0. The van der Waals surface area contributed by atoms with E-state index in [1.165, 1.54) is 6.07 Å².